The van der Waals surface area contributed by atoms with Gasteiger partial charge in [0, 0.05) is 18.3 Å². The molecule has 1 aliphatic rings. The molecule has 1 aromatic rings. The van der Waals surface area contributed by atoms with Gasteiger partial charge in [-0.15, -0.1) is 0 Å². The molecule has 0 saturated carbocycles. The number of aryl methyl sites for hydroxylation is 1. The second-order valence-electron chi connectivity index (χ2n) is 4.50. The maximum Gasteiger partial charge on any atom is 0.224 e. The van der Waals surface area contributed by atoms with Gasteiger partial charge in [-0.25, -0.2) is 9.97 Å². The van der Waals surface area contributed by atoms with E-state index in [2.05, 4.69) is 15.3 Å². The number of halogens is 1. The highest BCUT2D eigenvalue weighted by atomic mass is 35.5. The van der Waals surface area contributed by atoms with Gasteiger partial charge in [-0.05, 0) is 32.4 Å². The molecule has 1 N–H and O–H groups in total. The van der Waals surface area contributed by atoms with Crippen LogP contribution in [0.15, 0.2) is 6.20 Å². The lowest BCUT2D eigenvalue weighted by Crippen LogP contribution is -2.26. The molecule has 0 spiro atoms. The second kappa shape index (κ2) is 4.76. The third-order valence-corrected chi connectivity index (χ3v) is 2.69. The van der Waals surface area contributed by atoms with Crippen molar-refractivity contribution in [2.45, 2.75) is 32.7 Å². The summed E-state index contributed by atoms with van der Waals surface area (Å²) in [6, 6.07) is 0. The SMILES string of the molecule is Cc1cnc(Cl)nc1NCC1COC(C)(C)O1. The molecule has 94 valence electrons. The number of aromatic nitrogens is 2. The minimum atomic E-state index is -0.495. The van der Waals surface area contributed by atoms with Crippen molar-refractivity contribution in [3.05, 3.63) is 17.0 Å². The molecule has 0 bridgehead atoms. The monoisotopic (exact) mass is 257 g/mol. The zero-order valence-electron chi connectivity index (χ0n) is 10.2. The van der Waals surface area contributed by atoms with Crippen LogP contribution in [0.4, 0.5) is 5.82 Å². The fourth-order valence-corrected chi connectivity index (χ4v) is 1.81. The zero-order valence-corrected chi connectivity index (χ0v) is 10.9. The maximum atomic E-state index is 5.74. The summed E-state index contributed by atoms with van der Waals surface area (Å²) in [7, 11) is 0. The van der Waals surface area contributed by atoms with Crippen LogP contribution in [0.5, 0.6) is 0 Å². The Morgan fingerprint density at radius 2 is 2.35 bits per heavy atom. The Balaban J connectivity index is 1.92. The average Bonchev–Trinajstić information content (AvgIpc) is 2.60. The normalized spacial score (nSPS) is 22.7. The minimum Gasteiger partial charge on any atom is -0.367 e. The Morgan fingerprint density at radius 3 is 3.00 bits per heavy atom. The van der Waals surface area contributed by atoms with E-state index < -0.39 is 5.79 Å². The van der Waals surface area contributed by atoms with Crippen LogP contribution in [-0.4, -0.2) is 35.0 Å². The van der Waals surface area contributed by atoms with Crippen LogP contribution in [0.1, 0.15) is 19.4 Å². The first kappa shape index (κ1) is 12.5. The van der Waals surface area contributed by atoms with Gasteiger partial charge in [-0.2, -0.15) is 0 Å². The van der Waals surface area contributed by atoms with Crippen molar-refractivity contribution in [2.75, 3.05) is 18.5 Å². The summed E-state index contributed by atoms with van der Waals surface area (Å²) in [4.78, 5) is 8.02. The number of rotatable bonds is 3. The van der Waals surface area contributed by atoms with Gasteiger partial charge >= 0.3 is 0 Å². The van der Waals surface area contributed by atoms with Gasteiger partial charge in [0.05, 0.1) is 6.61 Å². The highest BCUT2D eigenvalue weighted by Gasteiger charge is 2.32. The van der Waals surface area contributed by atoms with Gasteiger partial charge in [-0.1, -0.05) is 0 Å². The van der Waals surface area contributed by atoms with Crippen LogP contribution < -0.4 is 5.32 Å². The van der Waals surface area contributed by atoms with E-state index in [1.165, 1.54) is 0 Å². The third-order valence-electron chi connectivity index (χ3n) is 2.51. The van der Waals surface area contributed by atoms with Gasteiger partial charge < -0.3 is 14.8 Å². The number of anilines is 1. The number of hydrogen-bond acceptors (Lipinski definition) is 5. The molecule has 1 saturated heterocycles. The molecule has 5 nitrogen and oxygen atoms in total. The lowest BCUT2D eigenvalue weighted by atomic mass is 10.3. The van der Waals surface area contributed by atoms with Crippen LogP contribution in [-0.2, 0) is 9.47 Å². The standard InChI is InChI=1S/C11H16ClN3O2/c1-7-4-14-10(12)15-9(7)13-5-8-6-16-11(2,3)17-8/h4,8H,5-6H2,1-3H3,(H,13,14,15). The van der Waals surface area contributed by atoms with Crippen LogP contribution in [0.2, 0.25) is 5.28 Å². The number of ether oxygens (including phenoxy) is 2. The Bertz CT molecular complexity index is 412. The molecule has 1 unspecified atom stereocenters. The van der Waals surface area contributed by atoms with Crippen LogP contribution in [0.25, 0.3) is 0 Å². The van der Waals surface area contributed by atoms with Crippen molar-refractivity contribution in [3.8, 4) is 0 Å². The van der Waals surface area contributed by atoms with Gasteiger partial charge in [0.25, 0.3) is 0 Å². The smallest absolute Gasteiger partial charge is 0.224 e. The number of hydrogen-bond donors (Lipinski definition) is 1. The van der Waals surface area contributed by atoms with E-state index in [0.29, 0.717) is 13.2 Å². The Morgan fingerprint density at radius 1 is 1.59 bits per heavy atom. The summed E-state index contributed by atoms with van der Waals surface area (Å²) in [6.45, 7) is 6.95. The van der Waals surface area contributed by atoms with Crippen molar-refractivity contribution in [1.29, 1.82) is 0 Å². The van der Waals surface area contributed by atoms with E-state index >= 15 is 0 Å². The molecule has 2 rings (SSSR count). The van der Waals surface area contributed by atoms with E-state index in [1.54, 1.807) is 6.20 Å². The largest absolute Gasteiger partial charge is 0.367 e. The quantitative estimate of drug-likeness (QED) is 0.840. The molecular weight excluding hydrogens is 242 g/mol. The van der Waals surface area contributed by atoms with Crippen LogP contribution in [0, 0.1) is 6.92 Å². The fourth-order valence-electron chi connectivity index (χ4n) is 1.67. The van der Waals surface area contributed by atoms with E-state index in [9.17, 15) is 0 Å². The summed E-state index contributed by atoms with van der Waals surface area (Å²) in [5.41, 5.74) is 0.951. The highest BCUT2D eigenvalue weighted by molar-refractivity contribution is 6.28. The fraction of sp³-hybridized carbons (Fsp3) is 0.636. The summed E-state index contributed by atoms with van der Waals surface area (Å²) >= 11 is 5.74. The Hall–Kier alpha value is -0.910. The zero-order chi connectivity index (χ0) is 12.5. The van der Waals surface area contributed by atoms with E-state index in [0.717, 1.165) is 11.4 Å². The lowest BCUT2D eigenvalue weighted by Gasteiger charge is -2.17. The summed E-state index contributed by atoms with van der Waals surface area (Å²) in [6.07, 6.45) is 1.71. The molecular formula is C11H16ClN3O2. The van der Waals surface area contributed by atoms with Crippen LogP contribution in [0.3, 0.4) is 0 Å². The van der Waals surface area contributed by atoms with E-state index in [-0.39, 0.29) is 11.4 Å². The highest BCUT2D eigenvalue weighted by Crippen LogP contribution is 2.22. The van der Waals surface area contributed by atoms with Crippen molar-refractivity contribution in [2.24, 2.45) is 0 Å². The van der Waals surface area contributed by atoms with Gasteiger partial charge in [0.15, 0.2) is 5.79 Å². The maximum absolute atomic E-state index is 5.74. The van der Waals surface area contributed by atoms with Gasteiger partial charge in [-0.3, -0.25) is 0 Å². The Labute approximate surface area is 105 Å². The first-order valence-corrected chi connectivity index (χ1v) is 5.89. The molecule has 2 heterocycles. The summed E-state index contributed by atoms with van der Waals surface area (Å²) in [5.74, 6) is 0.239. The molecule has 1 fully saturated rings. The topological polar surface area (TPSA) is 56.3 Å². The lowest BCUT2D eigenvalue weighted by molar-refractivity contribution is -0.136. The van der Waals surface area contributed by atoms with Gasteiger partial charge in [0.2, 0.25) is 5.28 Å². The third kappa shape index (κ3) is 3.28. The predicted octanol–water partition coefficient (Wildman–Crippen LogP) is 2.00. The molecule has 0 amide bonds. The molecule has 0 radical (unpaired) electrons. The average molecular weight is 258 g/mol. The predicted molar refractivity (Wildman–Crippen MR) is 65.2 cm³/mol. The van der Waals surface area contributed by atoms with Crippen molar-refractivity contribution >= 4 is 17.4 Å². The van der Waals surface area contributed by atoms with Crippen molar-refractivity contribution < 1.29 is 9.47 Å². The number of nitrogens with one attached hydrogen (secondary N) is 1. The van der Waals surface area contributed by atoms with E-state index in [4.69, 9.17) is 21.1 Å². The Kier molecular flexibility index (Phi) is 3.51. The summed E-state index contributed by atoms with van der Waals surface area (Å²) in [5, 5.41) is 3.43. The molecule has 0 aromatic carbocycles. The molecule has 1 aromatic heterocycles. The number of nitrogens with zero attached hydrogens (tertiary/aromatic N) is 2. The van der Waals surface area contributed by atoms with Crippen molar-refractivity contribution in [3.63, 3.8) is 0 Å². The van der Waals surface area contributed by atoms with Crippen LogP contribution >= 0.6 is 11.6 Å². The first-order chi connectivity index (χ1) is 7.96. The molecule has 6 heteroatoms. The second-order valence-corrected chi connectivity index (χ2v) is 4.84. The summed E-state index contributed by atoms with van der Waals surface area (Å²) < 4.78 is 11.2. The molecule has 1 atom stereocenters. The molecule has 0 aliphatic carbocycles. The molecule has 17 heavy (non-hydrogen) atoms. The van der Waals surface area contributed by atoms with E-state index in [1.807, 2.05) is 20.8 Å². The minimum absolute atomic E-state index is 0.0261. The first-order valence-electron chi connectivity index (χ1n) is 5.51. The van der Waals surface area contributed by atoms with Gasteiger partial charge in [0.1, 0.15) is 11.9 Å². The molecule has 1 aliphatic heterocycles. The van der Waals surface area contributed by atoms with Crippen molar-refractivity contribution in [1.82, 2.24) is 9.97 Å².